The number of nitrogens with zero attached hydrogens (tertiary/aromatic N) is 3. The molecule has 0 spiro atoms. The molecule has 3 rings (SSSR count). The van der Waals surface area contributed by atoms with Crippen molar-refractivity contribution in [1.29, 1.82) is 0 Å². The van der Waals surface area contributed by atoms with Crippen LogP contribution in [0.4, 0.5) is 0 Å². The first-order valence-electron chi connectivity index (χ1n) is 7.92. The lowest BCUT2D eigenvalue weighted by Crippen LogP contribution is -2.28. The molecule has 136 valence electrons. The lowest BCUT2D eigenvalue weighted by atomic mass is 10.1. The summed E-state index contributed by atoms with van der Waals surface area (Å²) in [6.07, 6.45) is 0. The molecule has 1 aromatic heterocycles. The minimum absolute atomic E-state index is 0.00833. The zero-order valence-corrected chi connectivity index (χ0v) is 16.0. The molecule has 2 aromatic carbocycles. The van der Waals surface area contributed by atoms with Crippen LogP contribution in [-0.2, 0) is 22.3 Å². The minimum Gasteiger partial charge on any atom is -0.338 e. The second-order valence-electron chi connectivity index (χ2n) is 5.98. The Bertz CT molecular complexity index is 1020. The predicted octanol–water partition coefficient (Wildman–Crippen LogP) is 3.66. The first-order valence-corrected chi connectivity index (χ1v) is 9.91. The Morgan fingerprint density at radius 1 is 1.15 bits per heavy atom. The zero-order chi connectivity index (χ0) is 18.7. The maximum absolute atomic E-state index is 12.6. The standard InChI is InChI=1S/C18H18ClN3O3S/c1-13-6-5-8-14(10-13)18-20-17(25-21-18)11-22(2)26(23,24)12-15-7-3-4-9-16(15)19/h3-10H,11-12H2,1-2H3. The molecule has 0 N–H and O–H groups in total. The van der Waals surface area contributed by atoms with Gasteiger partial charge in [0.15, 0.2) is 0 Å². The van der Waals surface area contributed by atoms with Crippen LogP contribution in [0, 0.1) is 6.92 Å². The molecule has 26 heavy (non-hydrogen) atoms. The van der Waals surface area contributed by atoms with Crippen LogP contribution >= 0.6 is 11.6 Å². The summed E-state index contributed by atoms with van der Waals surface area (Å²) < 4.78 is 31.5. The number of hydrogen-bond donors (Lipinski definition) is 0. The molecular formula is C18H18ClN3O3S. The van der Waals surface area contributed by atoms with Crippen LogP contribution in [0.15, 0.2) is 53.1 Å². The number of hydrogen-bond acceptors (Lipinski definition) is 5. The molecule has 0 radical (unpaired) electrons. The molecular weight excluding hydrogens is 374 g/mol. The maximum atomic E-state index is 12.6. The average molecular weight is 392 g/mol. The van der Waals surface area contributed by atoms with E-state index in [0.29, 0.717) is 16.4 Å². The van der Waals surface area contributed by atoms with Gasteiger partial charge in [0.05, 0.1) is 12.3 Å². The third-order valence-corrected chi connectivity index (χ3v) is 6.00. The molecule has 3 aromatic rings. The highest BCUT2D eigenvalue weighted by atomic mass is 35.5. The SMILES string of the molecule is Cc1cccc(-c2noc(CN(C)S(=O)(=O)Cc3ccccc3Cl)n2)c1. The van der Waals surface area contributed by atoms with E-state index in [4.69, 9.17) is 16.1 Å². The van der Waals surface area contributed by atoms with Gasteiger partial charge in [-0.2, -0.15) is 9.29 Å². The van der Waals surface area contributed by atoms with Crippen molar-refractivity contribution >= 4 is 21.6 Å². The summed E-state index contributed by atoms with van der Waals surface area (Å²) in [6.45, 7) is 1.96. The van der Waals surface area contributed by atoms with E-state index in [0.717, 1.165) is 11.1 Å². The van der Waals surface area contributed by atoms with Crippen molar-refractivity contribution in [2.75, 3.05) is 7.05 Å². The Kier molecular flexibility index (Phi) is 5.41. The van der Waals surface area contributed by atoms with Gasteiger partial charge in [0.25, 0.3) is 0 Å². The molecule has 8 heteroatoms. The number of halogens is 1. The first kappa shape index (κ1) is 18.6. The van der Waals surface area contributed by atoms with Gasteiger partial charge < -0.3 is 4.52 Å². The van der Waals surface area contributed by atoms with Crippen molar-refractivity contribution in [2.24, 2.45) is 0 Å². The summed E-state index contributed by atoms with van der Waals surface area (Å²) in [5.41, 5.74) is 2.45. The van der Waals surface area contributed by atoms with Crippen LogP contribution in [0.5, 0.6) is 0 Å². The average Bonchev–Trinajstić information content (AvgIpc) is 3.05. The molecule has 0 saturated heterocycles. The van der Waals surface area contributed by atoms with Crippen LogP contribution in [0.25, 0.3) is 11.4 Å². The largest absolute Gasteiger partial charge is 0.338 e. The van der Waals surface area contributed by atoms with Crippen molar-refractivity contribution in [3.63, 3.8) is 0 Å². The zero-order valence-electron chi connectivity index (χ0n) is 14.4. The summed E-state index contributed by atoms with van der Waals surface area (Å²) in [4.78, 5) is 4.29. The first-order chi connectivity index (χ1) is 12.3. The van der Waals surface area contributed by atoms with Crippen molar-refractivity contribution in [2.45, 2.75) is 19.2 Å². The van der Waals surface area contributed by atoms with Gasteiger partial charge in [-0.1, -0.05) is 58.7 Å². The molecule has 0 aliphatic heterocycles. The summed E-state index contributed by atoms with van der Waals surface area (Å²) in [6, 6.07) is 14.6. The number of aromatic nitrogens is 2. The number of aryl methyl sites for hydroxylation is 1. The third kappa shape index (κ3) is 4.30. The maximum Gasteiger partial charge on any atom is 0.242 e. The van der Waals surface area contributed by atoms with E-state index >= 15 is 0 Å². The van der Waals surface area contributed by atoms with E-state index in [9.17, 15) is 8.42 Å². The van der Waals surface area contributed by atoms with Gasteiger partial charge in [-0.3, -0.25) is 0 Å². The molecule has 6 nitrogen and oxygen atoms in total. The van der Waals surface area contributed by atoms with Crippen molar-refractivity contribution in [1.82, 2.24) is 14.4 Å². The van der Waals surface area contributed by atoms with Gasteiger partial charge in [0.2, 0.25) is 21.7 Å². The number of rotatable bonds is 6. The quantitative estimate of drug-likeness (QED) is 0.640. The van der Waals surface area contributed by atoms with Gasteiger partial charge in [-0.05, 0) is 24.6 Å². The molecule has 0 aliphatic carbocycles. The predicted molar refractivity (Wildman–Crippen MR) is 100 cm³/mol. The van der Waals surface area contributed by atoms with Gasteiger partial charge in [-0.15, -0.1) is 0 Å². The monoisotopic (exact) mass is 391 g/mol. The molecule has 0 aliphatic rings. The normalized spacial score (nSPS) is 11.8. The van der Waals surface area contributed by atoms with E-state index in [1.54, 1.807) is 24.3 Å². The fourth-order valence-electron chi connectivity index (χ4n) is 2.43. The van der Waals surface area contributed by atoms with E-state index in [2.05, 4.69) is 10.1 Å². The summed E-state index contributed by atoms with van der Waals surface area (Å²) >= 11 is 6.06. The highest BCUT2D eigenvalue weighted by Gasteiger charge is 2.22. The lowest BCUT2D eigenvalue weighted by molar-refractivity contribution is 0.336. The van der Waals surface area contributed by atoms with Gasteiger partial charge in [0.1, 0.15) is 0 Å². The van der Waals surface area contributed by atoms with Crippen LogP contribution in [-0.4, -0.2) is 29.9 Å². The number of benzene rings is 2. The molecule has 0 atom stereocenters. The second-order valence-corrected chi connectivity index (χ2v) is 8.47. The summed E-state index contributed by atoms with van der Waals surface area (Å²) in [7, 11) is -2.10. The lowest BCUT2D eigenvalue weighted by Gasteiger charge is -2.15. The Balaban J connectivity index is 1.73. The molecule has 0 amide bonds. The van der Waals surface area contributed by atoms with Crippen LogP contribution in [0.3, 0.4) is 0 Å². The smallest absolute Gasteiger partial charge is 0.242 e. The highest BCUT2D eigenvalue weighted by Crippen LogP contribution is 2.21. The Labute approximate surface area is 157 Å². The fraction of sp³-hybridized carbons (Fsp3) is 0.222. The fourth-order valence-corrected chi connectivity index (χ4v) is 3.89. The van der Waals surface area contributed by atoms with Crippen LogP contribution in [0.2, 0.25) is 5.02 Å². The van der Waals surface area contributed by atoms with Crippen molar-refractivity contribution in [3.8, 4) is 11.4 Å². The van der Waals surface area contributed by atoms with Gasteiger partial charge in [0, 0.05) is 17.6 Å². The van der Waals surface area contributed by atoms with E-state index < -0.39 is 10.0 Å². The van der Waals surface area contributed by atoms with E-state index in [1.165, 1.54) is 11.4 Å². The highest BCUT2D eigenvalue weighted by molar-refractivity contribution is 7.88. The van der Waals surface area contributed by atoms with Gasteiger partial charge >= 0.3 is 0 Å². The molecule has 1 heterocycles. The molecule has 0 unspecified atom stereocenters. The Hall–Kier alpha value is -2.22. The third-order valence-electron chi connectivity index (χ3n) is 3.87. The van der Waals surface area contributed by atoms with Crippen molar-refractivity contribution in [3.05, 3.63) is 70.6 Å². The topological polar surface area (TPSA) is 76.3 Å². The van der Waals surface area contributed by atoms with E-state index in [-0.39, 0.29) is 18.2 Å². The Morgan fingerprint density at radius 2 is 1.92 bits per heavy atom. The summed E-state index contributed by atoms with van der Waals surface area (Å²) in [5, 5.41) is 4.35. The van der Waals surface area contributed by atoms with E-state index in [1.807, 2.05) is 31.2 Å². The second kappa shape index (κ2) is 7.57. The molecule has 0 bridgehead atoms. The number of sulfonamides is 1. The van der Waals surface area contributed by atoms with Crippen LogP contribution < -0.4 is 0 Å². The molecule has 0 fully saturated rings. The van der Waals surface area contributed by atoms with Crippen LogP contribution in [0.1, 0.15) is 17.0 Å². The van der Waals surface area contributed by atoms with Gasteiger partial charge in [-0.25, -0.2) is 8.42 Å². The molecule has 0 saturated carbocycles. The van der Waals surface area contributed by atoms with Crippen molar-refractivity contribution < 1.29 is 12.9 Å². The minimum atomic E-state index is -3.58. The summed E-state index contributed by atoms with van der Waals surface area (Å²) in [5.74, 6) is 0.467. The Morgan fingerprint density at radius 3 is 2.65 bits per heavy atom.